The van der Waals surface area contributed by atoms with Crippen LogP contribution in [-0.2, 0) is 37.9 Å². The van der Waals surface area contributed by atoms with E-state index in [2.05, 4.69) is 15.9 Å². The molecule has 198 valence electrons. The third-order valence-corrected chi connectivity index (χ3v) is 11.1. The Balaban J connectivity index is 0.000000194. The van der Waals surface area contributed by atoms with Gasteiger partial charge in [-0.05, 0) is 56.9 Å². The lowest BCUT2D eigenvalue weighted by Gasteiger charge is -2.12. The second kappa shape index (κ2) is 10.5. The summed E-state index contributed by atoms with van der Waals surface area (Å²) in [5.74, 6) is -0.452. The van der Waals surface area contributed by atoms with Crippen LogP contribution in [0.2, 0.25) is 0 Å². The van der Waals surface area contributed by atoms with Gasteiger partial charge in [0, 0.05) is 40.8 Å². The molecular formula is C25H33BrN2O6S2. The summed E-state index contributed by atoms with van der Waals surface area (Å²) >= 11 is 3.40. The first-order valence-electron chi connectivity index (χ1n) is 11.3. The minimum absolute atomic E-state index is 0. The Hall–Kier alpha value is -1.79. The van der Waals surface area contributed by atoms with Gasteiger partial charge in [0.15, 0.2) is 0 Å². The van der Waals surface area contributed by atoms with Gasteiger partial charge in [-0.2, -0.15) is 8.61 Å². The molecule has 2 fully saturated rings. The zero-order chi connectivity index (χ0) is 24.3. The third-order valence-electron chi connectivity index (χ3n) is 6.41. The van der Waals surface area contributed by atoms with Gasteiger partial charge >= 0.3 is 5.97 Å². The lowest BCUT2D eigenvalue weighted by Crippen LogP contribution is -2.26. The molecule has 6 rings (SSSR count). The molecule has 36 heavy (non-hydrogen) atoms. The predicted octanol–water partition coefficient (Wildman–Crippen LogP) is 4.92. The van der Waals surface area contributed by atoms with Crippen molar-refractivity contribution in [1.82, 2.24) is 8.61 Å². The van der Waals surface area contributed by atoms with Crippen molar-refractivity contribution >= 4 is 41.9 Å². The normalized spacial score (nSPS) is 21.2. The van der Waals surface area contributed by atoms with Gasteiger partial charge in [0.05, 0.1) is 22.0 Å². The quantitative estimate of drug-likeness (QED) is 0.462. The fourth-order valence-corrected chi connectivity index (χ4v) is 8.82. The minimum Gasteiger partial charge on any atom is -0.462 e. The van der Waals surface area contributed by atoms with E-state index in [1.165, 1.54) is 4.31 Å². The Morgan fingerprint density at radius 3 is 1.81 bits per heavy atom. The van der Waals surface area contributed by atoms with Crippen LogP contribution in [0, 0.1) is 0 Å². The van der Waals surface area contributed by atoms with Crippen LogP contribution in [-0.4, -0.2) is 50.1 Å². The molecule has 0 unspecified atom stereocenters. The molecule has 2 saturated carbocycles. The number of carbonyl (C=O) groups excluding carboxylic acids is 1. The minimum atomic E-state index is -3.43. The summed E-state index contributed by atoms with van der Waals surface area (Å²) in [6, 6.07) is 10.5. The number of hydrogen-bond donors (Lipinski definition) is 0. The molecule has 0 radical (unpaired) electrons. The summed E-state index contributed by atoms with van der Waals surface area (Å²) in [6.07, 6.45) is 3.82. The van der Waals surface area contributed by atoms with E-state index in [-0.39, 0.29) is 45.0 Å². The van der Waals surface area contributed by atoms with Crippen LogP contribution in [0.5, 0.6) is 0 Å². The van der Waals surface area contributed by atoms with E-state index in [4.69, 9.17) is 4.74 Å². The van der Waals surface area contributed by atoms with Crippen molar-refractivity contribution in [2.24, 2.45) is 0 Å². The average molecular weight is 602 g/mol. The van der Waals surface area contributed by atoms with Crippen LogP contribution >= 0.6 is 15.9 Å². The average Bonchev–Trinajstić information content (AvgIpc) is 3.72. The molecule has 0 spiro atoms. The SMILES string of the molecule is C.C.CCOC(=O)c1cccc2c1CN(C1CC1)S2(=O)=O.O=S1(=O)c2cccc(Br)c2CN1C1CC1. The fraction of sp³-hybridized carbons (Fsp3) is 0.480. The first kappa shape index (κ1) is 28.8. The monoisotopic (exact) mass is 600 g/mol. The number of sulfonamides is 2. The van der Waals surface area contributed by atoms with E-state index < -0.39 is 26.0 Å². The van der Waals surface area contributed by atoms with Gasteiger partial charge in [0.2, 0.25) is 20.0 Å². The Morgan fingerprint density at radius 1 is 0.861 bits per heavy atom. The maximum absolute atomic E-state index is 12.4. The van der Waals surface area contributed by atoms with Crippen LogP contribution in [0.3, 0.4) is 0 Å². The number of halogens is 1. The lowest BCUT2D eigenvalue weighted by molar-refractivity contribution is 0.0524. The molecule has 8 nitrogen and oxygen atoms in total. The van der Waals surface area contributed by atoms with E-state index in [9.17, 15) is 21.6 Å². The molecule has 2 aliphatic carbocycles. The molecule has 2 aliphatic heterocycles. The number of nitrogens with zero attached hydrogens (tertiary/aromatic N) is 2. The van der Waals surface area contributed by atoms with Crippen LogP contribution in [0.1, 0.15) is 68.9 Å². The first-order chi connectivity index (χ1) is 16.2. The van der Waals surface area contributed by atoms with Crippen LogP contribution in [0.15, 0.2) is 50.7 Å². The van der Waals surface area contributed by atoms with Crippen molar-refractivity contribution in [2.45, 2.75) is 82.4 Å². The molecule has 0 aromatic heterocycles. The molecule has 4 aliphatic rings. The molecule has 11 heteroatoms. The Labute approximate surface area is 222 Å². The zero-order valence-electron chi connectivity index (χ0n) is 18.6. The summed E-state index contributed by atoms with van der Waals surface area (Å²) in [4.78, 5) is 12.6. The first-order valence-corrected chi connectivity index (χ1v) is 14.9. The molecule has 0 saturated heterocycles. The van der Waals surface area contributed by atoms with Gasteiger partial charge in [-0.3, -0.25) is 0 Å². The van der Waals surface area contributed by atoms with E-state index in [0.29, 0.717) is 22.6 Å². The summed E-state index contributed by atoms with van der Waals surface area (Å²) < 4.78 is 58.0. The van der Waals surface area contributed by atoms with Gasteiger partial charge in [0.25, 0.3) is 0 Å². The van der Waals surface area contributed by atoms with Crippen LogP contribution in [0.25, 0.3) is 0 Å². The van der Waals surface area contributed by atoms with Crippen molar-refractivity contribution in [3.05, 3.63) is 57.6 Å². The molecule has 2 aromatic carbocycles. The fourth-order valence-electron chi connectivity index (χ4n) is 4.41. The topological polar surface area (TPSA) is 101 Å². The molecule has 2 heterocycles. The van der Waals surface area contributed by atoms with Crippen molar-refractivity contribution in [3.63, 3.8) is 0 Å². The number of benzene rings is 2. The van der Waals surface area contributed by atoms with Gasteiger partial charge in [-0.15, -0.1) is 0 Å². The van der Waals surface area contributed by atoms with Crippen LogP contribution < -0.4 is 0 Å². The molecular weight excluding hydrogens is 568 g/mol. The van der Waals surface area contributed by atoms with Crippen molar-refractivity contribution in [1.29, 1.82) is 0 Å². The van der Waals surface area contributed by atoms with Gasteiger partial charge in [0.1, 0.15) is 0 Å². The van der Waals surface area contributed by atoms with Gasteiger partial charge in [-0.25, -0.2) is 21.6 Å². The van der Waals surface area contributed by atoms with Crippen LogP contribution in [0.4, 0.5) is 0 Å². The van der Waals surface area contributed by atoms with E-state index in [1.807, 2.05) is 6.07 Å². The maximum atomic E-state index is 12.4. The highest BCUT2D eigenvalue weighted by atomic mass is 79.9. The summed E-state index contributed by atoms with van der Waals surface area (Å²) in [5, 5.41) is 0. The standard InChI is InChI=1S/C13H15NO4S.C10H10BrNO2S.2CH4/c1-2-18-13(15)10-4-3-5-12-11(10)8-14(9-6-7-9)19(12,16)17;11-9-2-1-3-10-8(9)6-12(7-4-5-7)15(10,13)14;;/h3-5,9H,2,6-8H2,1H3;1-3,7H,4-6H2;2*1H4. The molecule has 0 bridgehead atoms. The number of fused-ring (bicyclic) bond motifs is 2. The van der Waals surface area contributed by atoms with E-state index >= 15 is 0 Å². The second-order valence-corrected chi connectivity index (χ2v) is 13.4. The number of rotatable bonds is 4. The van der Waals surface area contributed by atoms with Crippen molar-refractivity contribution in [2.75, 3.05) is 6.61 Å². The lowest BCUT2D eigenvalue weighted by atomic mass is 10.1. The number of carbonyl (C=O) groups is 1. The van der Waals surface area contributed by atoms with Crippen molar-refractivity contribution < 1.29 is 26.4 Å². The Morgan fingerprint density at radius 2 is 1.33 bits per heavy atom. The number of hydrogen-bond acceptors (Lipinski definition) is 6. The summed E-state index contributed by atoms with van der Waals surface area (Å²) in [5.41, 5.74) is 1.85. The maximum Gasteiger partial charge on any atom is 0.338 e. The van der Waals surface area contributed by atoms with Gasteiger partial charge in [-0.1, -0.05) is 42.9 Å². The highest BCUT2D eigenvalue weighted by Crippen LogP contribution is 2.42. The number of ether oxygens (including phenoxy) is 1. The molecule has 0 N–H and O–H groups in total. The number of esters is 1. The summed E-state index contributed by atoms with van der Waals surface area (Å²) in [6.45, 7) is 2.83. The molecule has 2 aromatic rings. The largest absolute Gasteiger partial charge is 0.462 e. The third kappa shape index (κ3) is 5.00. The summed E-state index contributed by atoms with van der Waals surface area (Å²) in [7, 11) is -6.63. The van der Waals surface area contributed by atoms with E-state index in [1.54, 1.807) is 41.6 Å². The second-order valence-electron chi connectivity index (χ2n) is 8.78. The zero-order valence-corrected chi connectivity index (χ0v) is 21.8. The predicted molar refractivity (Wildman–Crippen MR) is 142 cm³/mol. The highest BCUT2D eigenvalue weighted by molar-refractivity contribution is 9.10. The Bertz CT molecular complexity index is 1370. The smallest absolute Gasteiger partial charge is 0.338 e. The Kier molecular flexibility index (Phi) is 8.41. The van der Waals surface area contributed by atoms with E-state index in [0.717, 1.165) is 35.7 Å². The van der Waals surface area contributed by atoms with Gasteiger partial charge < -0.3 is 4.74 Å². The highest BCUT2D eigenvalue weighted by Gasteiger charge is 2.45. The molecule has 0 amide bonds. The molecule has 0 atom stereocenters. The van der Waals surface area contributed by atoms with Crippen molar-refractivity contribution in [3.8, 4) is 0 Å².